The van der Waals surface area contributed by atoms with Gasteiger partial charge in [0.15, 0.2) is 0 Å². The molecule has 18 heavy (non-hydrogen) atoms. The minimum absolute atomic E-state index is 0.573. The maximum atomic E-state index is 5.74. The van der Waals surface area contributed by atoms with Crippen LogP contribution in [0.4, 0.5) is 5.82 Å². The van der Waals surface area contributed by atoms with Gasteiger partial charge in [-0.05, 0) is 55.8 Å². The van der Waals surface area contributed by atoms with Crippen LogP contribution in [-0.4, -0.2) is 18.1 Å². The third kappa shape index (κ3) is 3.22. The van der Waals surface area contributed by atoms with Crippen molar-refractivity contribution in [3.05, 3.63) is 23.9 Å². The largest absolute Gasteiger partial charge is 0.384 e. The third-order valence-electron chi connectivity index (χ3n) is 4.40. The van der Waals surface area contributed by atoms with Gasteiger partial charge in [0.05, 0.1) is 0 Å². The smallest absolute Gasteiger partial charge is 0.123 e. The summed E-state index contributed by atoms with van der Waals surface area (Å²) in [5.41, 5.74) is 7.03. The Morgan fingerprint density at radius 1 is 1.50 bits per heavy atom. The van der Waals surface area contributed by atoms with E-state index in [0.717, 1.165) is 18.3 Å². The highest BCUT2D eigenvalue weighted by atomic mass is 14.9. The van der Waals surface area contributed by atoms with Crippen LogP contribution in [0.2, 0.25) is 0 Å². The zero-order valence-corrected chi connectivity index (χ0v) is 11.5. The zero-order valence-electron chi connectivity index (χ0n) is 11.5. The van der Waals surface area contributed by atoms with E-state index in [1.54, 1.807) is 6.20 Å². The van der Waals surface area contributed by atoms with Crippen LogP contribution in [-0.2, 0) is 6.42 Å². The summed E-state index contributed by atoms with van der Waals surface area (Å²) in [6, 6.07) is 4.65. The molecule has 0 aliphatic heterocycles. The maximum absolute atomic E-state index is 5.74. The molecule has 1 heterocycles. The predicted molar refractivity (Wildman–Crippen MR) is 76.3 cm³/mol. The van der Waals surface area contributed by atoms with E-state index >= 15 is 0 Å². The molecule has 2 rings (SSSR count). The van der Waals surface area contributed by atoms with Crippen LogP contribution in [0, 0.1) is 11.8 Å². The number of nitrogens with zero attached hydrogens (tertiary/aromatic N) is 1. The number of aromatic nitrogens is 1. The van der Waals surface area contributed by atoms with Crippen molar-refractivity contribution in [1.29, 1.82) is 0 Å². The second-order valence-electron chi connectivity index (χ2n) is 5.54. The van der Waals surface area contributed by atoms with Crippen molar-refractivity contribution >= 4 is 5.82 Å². The van der Waals surface area contributed by atoms with Crippen molar-refractivity contribution < 1.29 is 0 Å². The lowest BCUT2D eigenvalue weighted by molar-refractivity contribution is 0.361. The molecule has 1 fully saturated rings. The number of pyridine rings is 1. The van der Waals surface area contributed by atoms with E-state index in [0.29, 0.717) is 11.9 Å². The van der Waals surface area contributed by atoms with Crippen molar-refractivity contribution in [2.45, 2.75) is 45.1 Å². The second kappa shape index (κ2) is 6.19. The van der Waals surface area contributed by atoms with E-state index in [1.807, 2.05) is 6.07 Å². The highest BCUT2D eigenvalue weighted by Crippen LogP contribution is 2.35. The lowest BCUT2D eigenvalue weighted by Crippen LogP contribution is -2.34. The molecule has 0 aromatic carbocycles. The number of nitrogens with two attached hydrogens (primary N) is 1. The molecule has 3 unspecified atom stereocenters. The summed E-state index contributed by atoms with van der Waals surface area (Å²) < 4.78 is 0. The van der Waals surface area contributed by atoms with E-state index in [2.05, 4.69) is 30.3 Å². The summed E-state index contributed by atoms with van der Waals surface area (Å²) >= 11 is 0. The molecule has 1 aromatic rings. The van der Waals surface area contributed by atoms with Crippen LogP contribution in [0.5, 0.6) is 0 Å². The molecule has 0 saturated heterocycles. The Hall–Kier alpha value is -1.09. The molecule has 0 spiro atoms. The van der Waals surface area contributed by atoms with Crippen LogP contribution in [0.3, 0.4) is 0 Å². The number of nitrogen functional groups attached to an aromatic ring is 1. The lowest BCUT2D eigenvalue weighted by Gasteiger charge is -2.23. The Morgan fingerprint density at radius 3 is 2.94 bits per heavy atom. The molecular weight excluding hydrogens is 222 g/mol. The first kappa shape index (κ1) is 13.3. The van der Waals surface area contributed by atoms with Crippen LogP contribution < -0.4 is 11.1 Å². The Labute approximate surface area is 110 Å². The minimum atomic E-state index is 0.573. The third-order valence-corrected chi connectivity index (χ3v) is 4.40. The van der Waals surface area contributed by atoms with Crippen LogP contribution >= 0.6 is 0 Å². The first-order valence-electron chi connectivity index (χ1n) is 7.10. The van der Waals surface area contributed by atoms with Gasteiger partial charge in [0, 0.05) is 12.2 Å². The summed E-state index contributed by atoms with van der Waals surface area (Å²) in [5.74, 6) is 2.38. The summed E-state index contributed by atoms with van der Waals surface area (Å²) in [4.78, 5) is 4.05. The number of rotatable bonds is 5. The van der Waals surface area contributed by atoms with Crippen LogP contribution in [0.1, 0.15) is 38.2 Å². The summed E-state index contributed by atoms with van der Waals surface area (Å²) in [5, 5.41) is 3.50. The summed E-state index contributed by atoms with van der Waals surface area (Å²) in [6.45, 7) is 2.31. The van der Waals surface area contributed by atoms with Gasteiger partial charge in [-0.15, -0.1) is 0 Å². The maximum Gasteiger partial charge on any atom is 0.123 e. The average Bonchev–Trinajstić information content (AvgIpc) is 2.84. The molecular formula is C15H25N3. The standard InChI is InChI=1S/C15H25N3/c1-3-11-4-5-13(8-11)14(17-2)9-12-6-7-18-15(16)10-12/h6-7,10-11,13-14,17H,3-5,8-9H2,1-2H3,(H2,16,18). The van der Waals surface area contributed by atoms with E-state index in [-0.39, 0.29) is 0 Å². The van der Waals surface area contributed by atoms with Crippen LogP contribution in [0.25, 0.3) is 0 Å². The number of anilines is 1. The summed E-state index contributed by atoms with van der Waals surface area (Å²) in [6.07, 6.45) is 8.34. The molecule has 0 radical (unpaired) electrons. The molecule has 3 heteroatoms. The fourth-order valence-electron chi connectivity index (χ4n) is 3.23. The van der Waals surface area contributed by atoms with Gasteiger partial charge in [0.2, 0.25) is 0 Å². The van der Waals surface area contributed by atoms with E-state index < -0.39 is 0 Å². The Morgan fingerprint density at radius 2 is 2.33 bits per heavy atom. The first-order valence-corrected chi connectivity index (χ1v) is 7.10. The van der Waals surface area contributed by atoms with Crippen molar-refractivity contribution in [1.82, 2.24) is 10.3 Å². The molecule has 0 bridgehead atoms. The normalized spacial score (nSPS) is 25.2. The molecule has 1 aliphatic carbocycles. The molecule has 100 valence electrons. The second-order valence-corrected chi connectivity index (χ2v) is 5.54. The van der Waals surface area contributed by atoms with E-state index in [9.17, 15) is 0 Å². The van der Waals surface area contributed by atoms with Gasteiger partial charge >= 0.3 is 0 Å². The first-order chi connectivity index (χ1) is 8.72. The van der Waals surface area contributed by atoms with Crippen LogP contribution in [0.15, 0.2) is 18.3 Å². The fraction of sp³-hybridized carbons (Fsp3) is 0.667. The monoisotopic (exact) mass is 247 g/mol. The average molecular weight is 247 g/mol. The zero-order chi connectivity index (χ0) is 13.0. The molecule has 1 saturated carbocycles. The Kier molecular flexibility index (Phi) is 4.59. The molecule has 1 aliphatic rings. The Balaban J connectivity index is 1.97. The van der Waals surface area contributed by atoms with E-state index in [4.69, 9.17) is 5.73 Å². The fourth-order valence-corrected chi connectivity index (χ4v) is 3.23. The van der Waals surface area contributed by atoms with Gasteiger partial charge in [-0.2, -0.15) is 0 Å². The Bertz CT molecular complexity index is 378. The van der Waals surface area contributed by atoms with Gasteiger partial charge in [0.25, 0.3) is 0 Å². The van der Waals surface area contributed by atoms with Gasteiger partial charge in [-0.25, -0.2) is 4.98 Å². The van der Waals surface area contributed by atoms with Gasteiger partial charge in [-0.3, -0.25) is 0 Å². The van der Waals surface area contributed by atoms with E-state index in [1.165, 1.54) is 31.2 Å². The lowest BCUT2D eigenvalue weighted by atomic mass is 9.91. The number of nitrogens with one attached hydrogen (secondary N) is 1. The summed E-state index contributed by atoms with van der Waals surface area (Å²) in [7, 11) is 2.08. The highest BCUT2D eigenvalue weighted by Gasteiger charge is 2.29. The van der Waals surface area contributed by atoms with Gasteiger partial charge < -0.3 is 11.1 Å². The SMILES string of the molecule is CCC1CCC(C(Cc2ccnc(N)c2)NC)C1. The molecule has 3 atom stereocenters. The number of likely N-dealkylation sites (N-methyl/N-ethyl adjacent to an activating group) is 1. The predicted octanol–water partition coefficient (Wildman–Crippen LogP) is 2.62. The van der Waals surface area contributed by atoms with Crippen molar-refractivity contribution in [2.24, 2.45) is 11.8 Å². The molecule has 1 aromatic heterocycles. The minimum Gasteiger partial charge on any atom is -0.384 e. The number of hydrogen-bond donors (Lipinski definition) is 2. The number of hydrogen-bond acceptors (Lipinski definition) is 3. The molecule has 3 nitrogen and oxygen atoms in total. The van der Waals surface area contributed by atoms with Gasteiger partial charge in [0.1, 0.15) is 5.82 Å². The highest BCUT2D eigenvalue weighted by molar-refractivity contribution is 5.32. The van der Waals surface area contributed by atoms with Crippen molar-refractivity contribution in [3.8, 4) is 0 Å². The van der Waals surface area contributed by atoms with Crippen molar-refractivity contribution in [2.75, 3.05) is 12.8 Å². The van der Waals surface area contributed by atoms with Gasteiger partial charge in [-0.1, -0.05) is 19.8 Å². The molecule has 3 N–H and O–H groups in total. The topological polar surface area (TPSA) is 50.9 Å². The van der Waals surface area contributed by atoms with Crippen molar-refractivity contribution in [3.63, 3.8) is 0 Å². The molecule has 0 amide bonds. The quantitative estimate of drug-likeness (QED) is 0.841.